The van der Waals surface area contributed by atoms with Gasteiger partial charge in [-0.3, -0.25) is 0 Å². The molecular formula is C13H19ClFNO. The van der Waals surface area contributed by atoms with Crippen molar-refractivity contribution in [3.8, 4) is 0 Å². The van der Waals surface area contributed by atoms with Crippen molar-refractivity contribution < 1.29 is 9.50 Å². The molecule has 0 heterocycles. The smallest absolute Gasteiger partial charge is 0.142 e. The molecule has 4 heteroatoms. The van der Waals surface area contributed by atoms with Crippen LogP contribution >= 0.6 is 11.6 Å². The molecule has 0 spiro atoms. The molecule has 0 aliphatic heterocycles. The maximum Gasteiger partial charge on any atom is 0.142 e. The van der Waals surface area contributed by atoms with E-state index in [4.69, 9.17) is 11.6 Å². The van der Waals surface area contributed by atoms with Crippen LogP contribution < -0.4 is 5.32 Å². The summed E-state index contributed by atoms with van der Waals surface area (Å²) >= 11 is 5.58. The van der Waals surface area contributed by atoms with Crippen molar-refractivity contribution in [3.63, 3.8) is 0 Å². The Hall–Kier alpha value is -0.640. The van der Waals surface area contributed by atoms with Gasteiger partial charge in [-0.1, -0.05) is 31.0 Å². The van der Waals surface area contributed by atoms with Gasteiger partial charge in [-0.2, -0.15) is 0 Å². The van der Waals surface area contributed by atoms with Crippen LogP contribution in [-0.2, 0) is 0 Å². The van der Waals surface area contributed by atoms with Gasteiger partial charge in [0, 0.05) is 12.6 Å². The summed E-state index contributed by atoms with van der Waals surface area (Å²) in [5.41, 5.74) is 0.545. The second-order valence-corrected chi connectivity index (χ2v) is 4.69. The molecule has 0 amide bonds. The van der Waals surface area contributed by atoms with E-state index in [1.165, 1.54) is 12.1 Å². The zero-order valence-corrected chi connectivity index (χ0v) is 11.0. The maximum absolute atomic E-state index is 13.2. The first-order chi connectivity index (χ1) is 8.04. The standard InChI is InChI=1S/C13H19ClFNO/c1-3-4-9(2)16-8-13(17)10-5-6-11(14)12(15)7-10/h5-7,9,13,16-17H,3-4,8H2,1-2H3. The first-order valence-corrected chi connectivity index (χ1v) is 6.28. The number of hydrogen-bond donors (Lipinski definition) is 2. The second kappa shape index (κ2) is 6.94. The normalized spacial score (nSPS) is 14.6. The first-order valence-electron chi connectivity index (χ1n) is 5.91. The fourth-order valence-corrected chi connectivity index (χ4v) is 1.80. The van der Waals surface area contributed by atoms with Crippen molar-refractivity contribution in [2.75, 3.05) is 6.54 Å². The molecule has 17 heavy (non-hydrogen) atoms. The van der Waals surface area contributed by atoms with E-state index in [0.717, 1.165) is 12.8 Å². The molecule has 0 saturated heterocycles. The Kier molecular flexibility index (Phi) is 5.89. The number of aliphatic hydroxyl groups excluding tert-OH is 1. The second-order valence-electron chi connectivity index (χ2n) is 4.29. The van der Waals surface area contributed by atoms with Gasteiger partial charge in [0.25, 0.3) is 0 Å². The van der Waals surface area contributed by atoms with Crippen LogP contribution in [0.5, 0.6) is 0 Å². The third kappa shape index (κ3) is 4.62. The highest BCUT2D eigenvalue weighted by molar-refractivity contribution is 6.30. The number of hydrogen-bond acceptors (Lipinski definition) is 2. The van der Waals surface area contributed by atoms with Gasteiger partial charge in [-0.15, -0.1) is 0 Å². The van der Waals surface area contributed by atoms with E-state index in [-0.39, 0.29) is 5.02 Å². The maximum atomic E-state index is 13.2. The van der Waals surface area contributed by atoms with Gasteiger partial charge in [0.2, 0.25) is 0 Å². The average Bonchev–Trinajstić information content (AvgIpc) is 2.30. The summed E-state index contributed by atoms with van der Waals surface area (Å²) < 4.78 is 13.2. The zero-order valence-electron chi connectivity index (χ0n) is 10.2. The summed E-state index contributed by atoms with van der Waals surface area (Å²) in [7, 11) is 0. The third-order valence-corrected chi connectivity index (χ3v) is 3.02. The van der Waals surface area contributed by atoms with Gasteiger partial charge in [-0.05, 0) is 31.0 Å². The lowest BCUT2D eigenvalue weighted by molar-refractivity contribution is 0.169. The van der Waals surface area contributed by atoms with Crippen LogP contribution in [0.15, 0.2) is 18.2 Å². The van der Waals surface area contributed by atoms with Gasteiger partial charge in [0.05, 0.1) is 11.1 Å². The van der Waals surface area contributed by atoms with Gasteiger partial charge >= 0.3 is 0 Å². The van der Waals surface area contributed by atoms with Crippen LogP contribution in [0.2, 0.25) is 5.02 Å². The molecule has 2 nitrogen and oxygen atoms in total. The van der Waals surface area contributed by atoms with Crippen molar-refractivity contribution in [1.29, 1.82) is 0 Å². The highest BCUT2D eigenvalue weighted by atomic mass is 35.5. The molecule has 0 aromatic heterocycles. The number of halogens is 2. The minimum atomic E-state index is -0.707. The van der Waals surface area contributed by atoms with Crippen molar-refractivity contribution in [2.45, 2.75) is 38.8 Å². The van der Waals surface area contributed by atoms with Crippen molar-refractivity contribution >= 4 is 11.6 Å². The molecule has 1 rings (SSSR count). The number of aliphatic hydroxyl groups is 1. The summed E-state index contributed by atoms with van der Waals surface area (Å²) in [5, 5.41) is 13.2. The molecular weight excluding hydrogens is 241 g/mol. The lowest BCUT2D eigenvalue weighted by Gasteiger charge is -2.17. The Morgan fingerprint density at radius 2 is 2.18 bits per heavy atom. The average molecular weight is 260 g/mol. The van der Waals surface area contributed by atoms with E-state index in [9.17, 15) is 9.50 Å². The van der Waals surface area contributed by atoms with E-state index in [0.29, 0.717) is 18.2 Å². The lowest BCUT2D eigenvalue weighted by atomic mass is 10.1. The SMILES string of the molecule is CCCC(C)NCC(O)c1ccc(Cl)c(F)c1. The quantitative estimate of drug-likeness (QED) is 0.822. The largest absolute Gasteiger partial charge is 0.387 e. The van der Waals surface area contributed by atoms with Crippen LogP contribution in [0.25, 0.3) is 0 Å². The molecule has 0 fully saturated rings. The molecule has 0 aliphatic carbocycles. The Morgan fingerprint density at radius 1 is 1.47 bits per heavy atom. The topological polar surface area (TPSA) is 32.3 Å². The van der Waals surface area contributed by atoms with Crippen LogP contribution in [0.4, 0.5) is 4.39 Å². The fraction of sp³-hybridized carbons (Fsp3) is 0.538. The molecule has 2 unspecified atom stereocenters. The van der Waals surface area contributed by atoms with Crippen molar-refractivity contribution in [1.82, 2.24) is 5.32 Å². The summed E-state index contributed by atoms with van der Waals surface area (Å²) in [4.78, 5) is 0. The minimum absolute atomic E-state index is 0.0771. The van der Waals surface area contributed by atoms with Crippen molar-refractivity contribution in [3.05, 3.63) is 34.6 Å². The molecule has 0 saturated carbocycles. The summed E-state index contributed by atoms with van der Waals surface area (Å²) in [6.45, 7) is 4.60. The van der Waals surface area contributed by atoms with Gasteiger partial charge in [0.1, 0.15) is 5.82 Å². The zero-order chi connectivity index (χ0) is 12.8. The summed E-state index contributed by atoms with van der Waals surface area (Å²) in [6.07, 6.45) is 1.45. The minimum Gasteiger partial charge on any atom is -0.387 e. The third-order valence-electron chi connectivity index (χ3n) is 2.71. The first kappa shape index (κ1) is 14.4. The summed E-state index contributed by atoms with van der Waals surface area (Å²) in [5.74, 6) is -0.496. The van der Waals surface area contributed by atoms with Gasteiger partial charge in [-0.25, -0.2) is 4.39 Å². The van der Waals surface area contributed by atoms with E-state index in [1.807, 2.05) is 0 Å². The van der Waals surface area contributed by atoms with Crippen molar-refractivity contribution in [2.24, 2.45) is 0 Å². The molecule has 1 aromatic carbocycles. The molecule has 2 atom stereocenters. The molecule has 0 bridgehead atoms. The van der Waals surface area contributed by atoms with Gasteiger partial charge in [0.15, 0.2) is 0 Å². The van der Waals surface area contributed by atoms with Crippen LogP contribution in [0.1, 0.15) is 38.4 Å². The highest BCUT2D eigenvalue weighted by Crippen LogP contribution is 2.20. The number of nitrogens with one attached hydrogen (secondary N) is 1. The van der Waals surface area contributed by atoms with E-state index in [1.54, 1.807) is 6.07 Å². The Labute approximate surface area is 107 Å². The monoisotopic (exact) mass is 259 g/mol. The Morgan fingerprint density at radius 3 is 2.76 bits per heavy atom. The van der Waals surface area contributed by atoms with Gasteiger partial charge < -0.3 is 10.4 Å². The molecule has 1 aromatic rings. The molecule has 0 radical (unpaired) electrons. The number of rotatable bonds is 6. The summed E-state index contributed by atoms with van der Waals surface area (Å²) in [6, 6.07) is 4.73. The molecule has 2 N–H and O–H groups in total. The van der Waals surface area contributed by atoms with E-state index in [2.05, 4.69) is 19.2 Å². The van der Waals surface area contributed by atoms with Crippen LogP contribution in [0.3, 0.4) is 0 Å². The Balaban J connectivity index is 2.52. The highest BCUT2D eigenvalue weighted by Gasteiger charge is 2.11. The predicted molar refractivity (Wildman–Crippen MR) is 68.7 cm³/mol. The lowest BCUT2D eigenvalue weighted by Crippen LogP contribution is -2.30. The van der Waals surface area contributed by atoms with E-state index < -0.39 is 11.9 Å². The molecule has 96 valence electrons. The van der Waals surface area contributed by atoms with Crippen LogP contribution in [-0.4, -0.2) is 17.7 Å². The molecule has 0 aliphatic rings. The predicted octanol–water partition coefficient (Wildman–Crippen LogP) is 3.29. The number of benzene rings is 1. The Bertz CT molecular complexity index is 359. The fourth-order valence-electron chi connectivity index (χ4n) is 1.69. The van der Waals surface area contributed by atoms with Crippen LogP contribution in [0, 0.1) is 5.82 Å². The van der Waals surface area contributed by atoms with E-state index >= 15 is 0 Å².